The Labute approximate surface area is 93.1 Å². The zero-order valence-electron chi connectivity index (χ0n) is 9.21. The Morgan fingerprint density at radius 2 is 2.21 bits per heavy atom. The molecule has 0 aromatic rings. The van der Waals surface area contributed by atoms with E-state index in [4.69, 9.17) is 5.11 Å². The third-order valence-corrected chi connectivity index (χ3v) is 3.96. The summed E-state index contributed by atoms with van der Waals surface area (Å²) in [5.41, 5.74) is 0.277. The van der Waals surface area contributed by atoms with E-state index >= 15 is 0 Å². The molecule has 1 aliphatic heterocycles. The van der Waals surface area contributed by atoms with Crippen molar-refractivity contribution < 1.29 is 5.11 Å². The molecular weight excluding hydrogens is 194 g/mol. The molecule has 1 rings (SSSR count). The van der Waals surface area contributed by atoms with Crippen LogP contribution in [0.3, 0.4) is 0 Å². The summed E-state index contributed by atoms with van der Waals surface area (Å²) in [4.78, 5) is 2.45. The second kappa shape index (κ2) is 5.99. The van der Waals surface area contributed by atoms with Gasteiger partial charge in [-0.15, -0.1) is 0 Å². The molecule has 0 aromatic carbocycles. The van der Waals surface area contributed by atoms with E-state index in [1.165, 1.54) is 32.1 Å². The highest BCUT2D eigenvalue weighted by Gasteiger charge is 2.36. The van der Waals surface area contributed by atoms with E-state index in [-0.39, 0.29) is 12.1 Å². The molecule has 0 amide bonds. The Kier molecular flexibility index (Phi) is 5.28. The Morgan fingerprint density at radius 1 is 1.43 bits per heavy atom. The first-order valence-electron chi connectivity index (χ1n) is 5.76. The zero-order chi connectivity index (χ0) is 10.4. The highest BCUT2D eigenvalue weighted by atomic mass is 32.1. The lowest BCUT2D eigenvalue weighted by Crippen LogP contribution is -2.54. The summed E-state index contributed by atoms with van der Waals surface area (Å²) in [6.07, 6.45) is 6.28. The van der Waals surface area contributed by atoms with Crippen LogP contribution in [0.5, 0.6) is 0 Å². The van der Waals surface area contributed by atoms with Crippen LogP contribution in [0.2, 0.25) is 0 Å². The fourth-order valence-corrected chi connectivity index (χ4v) is 3.14. The van der Waals surface area contributed by atoms with Crippen molar-refractivity contribution in [3.05, 3.63) is 0 Å². The highest BCUT2D eigenvalue weighted by Crippen LogP contribution is 2.33. The van der Waals surface area contributed by atoms with E-state index in [0.29, 0.717) is 0 Å². The number of nitrogens with zero attached hydrogens (tertiary/aromatic N) is 1. The summed E-state index contributed by atoms with van der Waals surface area (Å²) in [5, 5.41) is 9.05. The van der Waals surface area contributed by atoms with Gasteiger partial charge in [0.2, 0.25) is 0 Å². The van der Waals surface area contributed by atoms with Crippen molar-refractivity contribution in [1.29, 1.82) is 0 Å². The number of hydrogen-bond acceptors (Lipinski definition) is 3. The molecule has 0 bridgehead atoms. The van der Waals surface area contributed by atoms with Gasteiger partial charge >= 0.3 is 0 Å². The second-order valence-corrected chi connectivity index (χ2v) is 4.62. The van der Waals surface area contributed by atoms with E-state index in [0.717, 1.165) is 18.8 Å². The van der Waals surface area contributed by atoms with Gasteiger partial charge in [0.15, 0.2) is 0 Å². The summed E-state index contributed by atoms with van der Waals surface area (Å²) in [6, 6.07) is 0. The molecule has 1 aliphatic rings. The molecular formula is C11H23NOS. The quantitative estimate of drug-likeness (QED) is 0.688. The normalized spacial score (nSPS) is 29.4. The van der Waals surface area contributed by atoms with Gasteiger partial charge in [-0.3, -0.25) is 4.90 Å². The molecule has 1 saturated heterocycles. The van der Waals surface area contributed by atoms with Gasteiger partial charge in [0.05, 0.1) is 6.61 Å². The number of thiol groups is 1. The standard InChI is InChI=1S/C11H23NOS/c1-2-5-11(10-14)6-3-4-7-12(11)8-9-13/h13-14H,2-10H2,1H3. The van der Waals surface area contributed by atoms with Crippen LogP contribution >= 0.6 is 12.6 Å². The van der Waals surface area contributed by atoms with Gasteiger partial charge in [-0.05, 0) is 25.8 Å². The molecule has 1 fully saturated rings. The van der Waals surface area contributed by atoms with E-state index in [2.05, 4.69) is 24.5 Å². The topological polar surface area (TPSA) is 23.5 Å². The lowest BCUT2D eigenvalue weighted by Gasteiger charge is -2.46. The minimum atomic E-state index is 0.277. The van der Waals surface area contributed by atoms with Gasteiger partial charge in [0.25, 0.3) is 0 Å². The fourth-order valence-electron chi connectivity index (χ4n) is 2.63. The fraction of sp³-hybridized carbons (Fsp3) is 1.00. The molecule has 0 saturated carbocycles. The average molecular weight is 217 g/mol. The summed E-state index contributed by atoms with van der Waals surface area (Å²) in [5.74, 6) is 0.931. The first kappa shape index (κ1) is 12.3. The zero-order valence-corrected chi connectivity index (χ0v) is 10.1. The van der Waals surface area contributed by atoms with Crippen molar-refractivity contribution in [2.75, 3.05) is 25.4 Å². The van der Waals surface area contributed by atoms with Crippen molar-refractivity contribution in [1.82, 2.24) is 4.90 Å². The monoisotopic (exact) mass is 217 g/mol. The van der Waals surface area contributed by atoms with E-state index in [1.807, 2.05) is 0 Å². The largest absolute Gasteiger partial charge is 0.395 e. The lowest BCUT2D eigenvalue weighted by atomic mass is 9.84. The van der Waals surface area contributed by atoms with Gasteiger partial charge in [-0.2, -0.15) is 12.6 Å². The van der Waals surface area contributed by atoms with Crippen molar-refractivity contribution in [3.63, 3.8) is 0 Å². The molecule has 3 heteroatoms. The molecule has 2 nitrogen and oxygen atoms in total. The number of hydrogen-bond donors (Lipinski definition) is 2. The first-order chi connectivity index (χ1) is 6.79. The molecule has 1 heterocycles. The van der Waals surface area contributed by atoms with Crippen LogP contribution < -0.4 is 0 Å². The van der Waals surface area contributed by atoms with Crippen LogP contribution in [0.15, 0.2) is 0 Å². The molecule has 0 radical (unpaired) electrons. The number of aliphatic hydroxyl groups is 1. The van der Waals surface area contributed by atoms with Crippen molar-refractivity contribution in [3.8, 4) is 0 Å². The number of β-amino-alcohol motifs (C(OH)–C–C–N with tert-alkyl or cyclic N) is 1. The summed E-state index contributed by atoms with van der Waals surface area (Å²) >= 11 is 4.51. The Hall–Kier alpha value is 0.270. The van der Waals surface area contributed by atoms with E-state index in [9.17, 15) is 0 Å². The van der Waals surface area contributed by atoms with Gasteiger partial charge in [-0.25, -0.2) is 0 Å². The highest BCUT2D eigenvalue weighted by molar-refractivity contribution is 7.80. The minimum absolute atomic E-state index is 0.277. The SMILES string of the molecule is CCCC1(CS)CCCCN1CCO. The van der Waals surface area contributed by atoms with Crippen molar-refractivity contribution >= 4 is 12.6 Å². The van der Waals surface area contributed by atoms with Gasteiger partial charge in [-0.1, -0.05) is 19.8 Å². The minimum Gasteiger partial charge on any atom is -0.395 e. The van der Waals surface area contributed by atoms with Crippen molar-refractivity contribution in [2.45, 2.75) is 44.6 Å². The van der Waals surface area contributed by atoms with Crippen LogP contribution in [-0.4, -0.2) is 41.0 Å². The van der Waals surface area contributed by atoms with Crippen molar-refractivity contribution in [2.24, 2.45) is 0 Å². The van der Waals surface area contributed by atoms with E-state index in [1.54, 1.807) is 0 Å². The van der Waals surface area contributed by atoms with Crippen LogP contribution in [0.25, 0.3) is 0 Å². The molecule has 0 spiro atoms. The third-order valence-electron chi connectivity index (χ3n) is 3.37. The summed E-state index contributed by atoms with van der Waals surface area (Å²) in [6.45, 7) is 4.47. The summed E-state index contributed by atoms with van der Waals surface area (Å²) < 4.78 is 0. The van der Waals surface area contributed by atoms with Gasteiger partial charge in [0, 0.05) is 17.8 Å². The van der Waals surface area contributed by atoms with Gasteiger partial charge in [0.1, 0.15) is 0 Å². The summed E-state index contributed by atoms with van der Waals surface area (Å²) in [7, 11) is 0. The van der Waals surface area contributed by atoms with Gasteiger partial charge < -0.3 is 5.11 Å². The smallest absolute Gasteiger partial charge is 0.0558 e. The Bertz CT molecular complexity index is 159. The first-order valence-corrected chi connectivity index (χ1v) is 6.39. The molecule has 0 aromatic heterocycles. The second-order valence-electron chi connectivity index (χ2n) is 4.30. The molecule has 1 N–H and O–H groups in total. The molecule has 14 heavy (non-hydrogen) atoms. The Morgan fingerprint density at radius 3 is 2.79 bits per heavy atom. The number of aliphatic hydroxyl groups excluding tert-OH is 1. The maximum atomic E-state index is 9.05. The maximum absolute atomic E-state index is 9.05. The maximum Gasteiger partial charge on any atom is 0.0558 e. The lowest BCUT2D eigenvalue weighted by molar-refractivity contribution is 0.0417. The molecule has 0 aliphatic carbocycles. The predicted octanol–water partition coefficient (Wildman–Crippen LogP) is 1.93. The molecule has 1 atom stereocenters. The average Bonchev–Trinajstić information content (AvgIpc) is 2.22. The number of piperidine rings is 1. The Balaban J connectivity index is 2.65. The van der Waals surface area contributed by atoms with Crippen LogP contribution in [-0.2, 0) is 0 Å². The molecule has 84 valence electrons. The third kappa shape index (κ3) is 2.65. The number of likely N-dealkylation sites (tertiary alicyclic amines) is 1. The van der Waals surface area contributed by atoms with Crippen LogP contribution in [0.4, 0.5) is 0 Å². The number of rotatable bonds is 5. The predicted molar refractivity (Wildman–Crippen MR) is 64.0 cm³/mol. The molecule has 1 unspecified atom stereocenters. The van der Waals surface area contributed by atoms with Crippen LogP contribution in [0.1, 0.15) is 39.0 Å². The van der Waals surface area contributed by atoms with Crippen LogP contribution in [0, 0.1) is 0 Å². The van der Waals surface area contributed by atoms with E-state index < -0.39 is 0 Å².